The van der Waals surface area contributed by atoms with E-state index in [2.05, 4.69) is 10.3 Å². The number of halogens is 3. The second-order valence-corrected chi connectivity index (χ2v) is 7.20. The molecule has 0 radical (unpaired) electrons. The number of amides is 1. The van der Waals surface area contributed by atoms with Gasteiger partial charge in [0.2, 0.25) is 5.91 Å². The normalized spacial score (nSPS) is 16.0. The highest BCUT2D eigenvalue weighted by Crippen LogP contribution is 2.31. The number of alkyl halides is 3. The molecule has 0 unspecified atom stereocenters. The first kappa shape index (κ1) is 19.5. The summed E-state index contributed by atoms with van der Waals surface area (Å²) in [5.74, 6) is 0.508. The number of nitrogens with one attached hydrogen (secondary N) is 2. The number of nitrogens with zero attached hydrogens (tertiary/aromatic N) is 1. The predicted octanol–water partition coefficient (Wildman–Crippen LogP) is 3.95. The van der Waals surface area contributed by atoms with Crippen molar-refractivity contribution >= 4 is 28.3 Å². The predicted molar refractivity (Wildman–Crippen MR) is 100 cm³/mol. The van der Waals surface area contributed by atoms with Gasteiger partial charge in [0.25, 0.3) is 0 Å². The molecule has 0 aliphatic heterocycles. The molecule has 27 heavy (non-hydrogen) atoms. The van der Waals surface area contributed by atoms with Gasteiger partial charge in [-0.25, -0.2) is 0 Å². The molecule has 1 aliphatic carbocycles. The lowest BCUT2D eigenvalue weighted by Gasteiger charge is -2.26. The van der Waals surface area contributed by atoms with E-state index >= 15 is 0 Å². The maximum atomic E-state index is 12.7. The molecule has 0 spiro atoms. The number of benzene rings is 1. The number of hydrogen-bond acceptors (Lipinski definition) is 3. The number of carbonyl (C=O) groups is 1. The van der Waals surface area contributed by atoms with Crippen LogP contribution in [0.2, 0.25) is 0 Å². The Balaban J connectivity index is 1.76. The van der Waals surface area contributed by atoms with Crippen LogP contribution in [0.1, 0.15) is 37.7 Å². The van der Waals surface area contributed by atoms with E-state index in [1.54, 1.807) is 18.0 Å². The number of H-pyrrole nitrogens is 1. The number of aromatic nitrogens is 1. The Bertz CT molecular complexity index is 809. The van der Waals surface area contributed by atoms with Crippen LogP contribution in [0.5, 0.6) is 0 Å². The fourth-order valence-electron chi connectivity index (χ4n) is 3.74. The van der Waals surface area contributed by atoms with Crippen molar-refractivity contribution in [3.05, 3.63) is 23.8 Å². The monoisotopic (exact) mass is 382 g/mol. The summed E-state index contributed by atoms with van der Waals surface area (Å²) >= 11 is 0. The lowest BCUT2D eigenvalue weighted by atomic mass is 9.88. The van der Waals surface area contributed by atoms with Gasteiger partial charge in [-0.3, -0.25) is 4.79 Å². The van der Waals surface area contributed by atoms with Gasteiger partial charge in [-0.2, -0.15) is 13.2 Å². The smallest absolute Gasteiger partial charge is 0.385 e. The lowest BCUT2D eigenvalue weighted by Crippen LogP contribution is -2.33. The second-order valence-electron chi connectivity index (χ2n) is 7.20. The van der Waals surface area contributed by atoms with E-state index in [9.17, 15) is 18.0 Å². The van der Waals surface area contributed by atoms with E-state index in [0.717, 1.165) is 36.8 Å². The van der Waals surface area contributed by atoms with Gasteiger partial charge in [-0.15, -0.1) is 0 Å². The molecule has 1 heterocycles. The number of anilines is 2. The van der Waals surface area contributed by atoms with Crippen LogP contribution in [-0.4, -0.2) is 30.7 Å². The van der Waals surface area contributed by atoms with Crippen molar-refractivity contribution in [3.63, 3.8) is 0 Å². The zero-order valence-corrected chi connectivity index (χ0v) is 15.3. The van der Waals surface area contributed by atoms with Crippen LogP contribution in [0, 0.1) is 5.92 Å². The van der Waals surface area contributed by atoms with Crippen molar-refractivity contribution in [1.82, 2.24) is 10.3 Å². The number of aromatic amines is 1. The molecular weight excluding hydrogens is 357 g/mol. The number of rotatable bonds is 5. The standard InChI is InChI=1S/C19H25F3N4O/c1-26(18(27)12-5-3-2-4-6-12)13-7-8-14-15(10-24-11-19(20,21)22)17(23)25-16(14)9-13/h7-9,12,24-25H,2-6,10-11,23H2,1H3. The van der Waals surface area contributed by atoms with Crippen LogP contribution in [0.3, 0.4) is 0 Å². The molecule has 4 N–H and O–H groups in total. The van der Waals surface area contributed by atoms with Crippen LogP contribution >= 0.6 is 0 Å². The van der Waals surface area contributed by atoms with E-state index in [4.69, 9.17) is 5.73 Å². The second kappa shape index (κ2) is 7.80. The summed E-state index contributed by atoms with van der Waals surface area (Å²) in [5.41, 5.74) is 8.00. The number of hydrogen-bond donors (Lipinski definition) is 3. The highest BCUT2D eigenvalue weighted by atomic mass is 19.4. The molecule has 1 aromatic carbocycles. The molecule has 2 aromatic rings. The molecule has 8 heteroatoms. The molecule has 0 atom stereocenters. The maximum absolute atomic E-state index is 12.7. The minimum absolute atomic E-state index is 0.0154. The summed E-state index contributed by atoms with van der Waals surface area (Å²) in [6.45, 7) is -1.06. The van der Waals surface area contributed by atoms with Crippen LogP contribution < -0.4 is 16.0 Å². The van der Waals surface area contributed by atoms with E-state index in [1.807, 2.05) is 12.1 Å². The Hall–Kier alpha value is -2.22. The topological polar surface area (TPSA) is 74.2 Å². The minimum atomic E-state index is -4.27. The Labute approximate surface area is 156 Å². The molecule has 148 valence electrons. The summed E-state index contributed by atoms with van der Waals surface area (Å²) in [5, 5.41) is 3.12. The SMILES string of the molecule is CN(C(=O)C1CCCCC1)c1ccc2c(CNCC(F)(F)F)c(N)[nH]c2c1. The Morgan fingerprint density at radius 3 is 2.67 bits per heavy atom. The third-order valence-corrected chi connectivity index (χ3v) is 5.22. The number of nitrogens with two attached hydrogens (primary N) is 1. The summed E-state index contributed by atoms with van der Waals surface area (Å²) in [6.07, 6.45) is 0.948. The largest absolute Gasteiger partial charge is 0.401 e. The molecule has 1 aliphatic rings. The third-order valence-electron chi connectivity index (χ3n) is 5.22. The van der Waals surface area contributed by atoms with Gasteiger partial charge in [0, 0.05) is 41.7 Å². The zero-order chi connectivity index (χ0) is 19.6. The molecular formula is C19H25F3N4O. The fourth-order valence-corrected chi connectivity index (χ4v) is 3.74. The van der Waals surface area contributed by atoms with Crippen LogP contribution in [0.25, 0.3) is 10.9 Å². The Kier molecular flexibility index (Phi) is 5.64. The quantitative estimate of drug-likeness (QED) is 0.733. The van der Waals surface area contributed by atoms with E-state index in [1.165, 1.54) is 6.42 Å². The summed E-state index contributed by atoms with van der Waals surface area (Å²) < 4.78 is 37.0. The molecule has 1 fully saturated rings. The van der Waals surface area contributed by atoms with Crippen molar-refractivity contribution in [1.29, 1.82) is 0 Å². The van der Waals surface area contributed by atoms with Gasteiger partial charge in [0.1, 0.15) is 5.82 Å². The molecule has 5 nitrogen and oxygen atoms in total. The van der Waals surface area contributed by atoms with Crippen LogP contribution in [-0.2, 0) is 11.3 Å². The van der Waals surface area contributed by atoms with Crippen molar-refractivity contribution in [2.45, 2.75) is 44.8 Å². The van der Waals surface area contributed by atoms with Crippen molar-refractivity contribution in [3.8, 4) is 0 Å². The lowest BCUT2D eigenvalue weighted by molar-refractivity contribution is -0.125. The number of nitrogen functional groups attached to an aromatic ring is 1. The average molecular weight is 382 g/mol. The van der Waals surface area contributed by atoms with E-state index < -0.39 is 12.7 Å². The molecule has 0 saturated heterocycles. The number of fused-ring (bicyclic) bond motifs is 1. The molecule has 0 bridgehead atoms. The fraction of sp³-hybridized carbons (Fsp3) is 0.526. The molecule has 3 rings (SSSR count). The van der Waals surface area contributed by atoms with Gasteiger partial charge in [0.05, 0.1) is 6.54 Å². The average Bonchev–Trinajstić information content (AvgIpc) is 2.95. The number of carbonyl (C=O) groups excluding carboxylic acids is 1. The van der Waals surface area contributed by atoms with Crippen molar-refractivity contribution in [2.24, 2.45) is 5.92 Å². The highest BCUT2D eigenvalue weighted by molar-refractivity contribution is 5.98. The molecule has 1 amide bonds. The van der Waals surface area contributed by atoms with Gasteiger partial charge in [0.15, 0.2) is 0 Å². The summed E-state index contributed by atoms with van der Waals surface area (Å²) in [4.78, 5) is 17.4. The van der Waals surface area contributed by atoms with Crippen molar-refractivity contribution in [2.75, 3.05) is 24.2 Å². The summed E-state index contributed by atoms with van der Waals surface area (Å²) in [7, 11) is 1.76. The molecule has 1 aromatic heterocycles. The zero-order valence-electron chi connectivity index (χ0n) is 15.3. The first-order valence-electron chi connectivity index (χ1n) is 9.21. The van der Waals surface area contributed by atoms with Crippen LogP contribution in [0.15, 0.2) is 18.2 Å². The van der Waals surface area contributed by atoms with Crippen LogP contribution in [0.4, 0.5) is 24.7 Å². The highest BCUT2D eigenvalue weighted by Gasteiger charge is 2.27. The Morgan fingerprint density at radius 2 is 2.00 bits per heavy atom. The third kappa shape index (κ3) is 4.55. The van der Waals surface area contributed by atoms with Gasteiger partial charge >= 0.3 is 6.18 Å². The van der Waals surface area contributed by atoms with Gasteiger partial charge < -0.3 is 20.9 Å². The van der Waals surface area contributed by atoms with Crippen molar-refractivity contribution < 1.29 is 18.0 Å². The van der Waals surface area contributed by atoms with E-state index in [0.29, 0.717) is 16.9 Å². The van der Waals surface area contributed by atoms with Gasteiger partial charge in [-0.05, 0) is 25.0 Å². The minimum Gasteiger partial charge on any atom is -0.385 e. The Morgan fingerprint density at radius 1 is 1.30 bits per heavy atom. The van der Waals surface area contributed by atoms with E-state index in [-0.39, 0.29) is 18.4 Å². The first-order valence-corrected chi connectivity index (χ1v) is 9.21. The first-order chi connectivity index (χ1) is 12.8. The van der Waals surface area contributed by atoms with Gasteiger partial charge in [-0.1, -0.05) is 25.3 Å². The maximum Gasteiger partial charge on any atom is 0.401 e. The summed E-state index contributed by atoms with van der Waals surface area (Å²) in [6, 6.07) is 5.43. The molecule has 1 saturated carbocycles.